The van der Waals surface area contributed by atoms with Gasteiger partial charge < -0.3 is 30.1 Å². The van der Waals surface area contributed by atoms with Gasteiger partial charge in [0, 0.05) is 48.9 Å². The van der Waals surface area contributed by atoms with E-state index in [4.69, 9.17) is 14.6 Å². The molecule has 1 aromatic heterocycles. The number of benzene rings is 2. The summed E-state index contributed by atoms with van der Waals surface area (Å²) in [5.74, 6) is 0.149. The lowest BCUT2D eigenvalue weighted by molar-refractivity contribution is -0.111. The molecular weight excluding hydrogens is 482 g/mol. The van der Waals surface area contributed by atoms with Crippen LogP contribution in [0.1, 0.15) is 17.5 Å². The average Bonchev–Trinajstić information content (AvgIpc) is 3.43. The third-order valence-corrected chi connectivity index (χ3v) is 6.09. The number of amides is 1. The van der Waals surface area contributed by atoms with Crippen molar-refractivity contribution in [1.29, 1.82) is 5.26 Å². The van der Waals surface area contributed by atoms with E-state index in [1.807, 2.05) is 36.2 Å². The lowest BCUT2D eigenvalue weighted by atomic mass is 10.1. The number of nitrogens with one attached hydrogen (secondary N) is 2. The zero-order valence-corrected chi connectivity index (χ0v) is 21.3. The van der Waals surface area contributed by atoms with Crippen LogP contribution in [0.15, 0.2) is 61.3 Å². The number of aromatic nitrogens is 1. The highest BCUT2D eigenvalue weighted by Gasteiger charge is 2.21. The number of anilines is 3. The van der Waals surface area contributed by atoms with E-state index < -0.39 is 0 Å². The van der Waals surface area contributed by atoms with E-state index in [0.717, 1.165) is 17.7 Å². The van der Waals surface area contributed by atoms with Gasteiger partial charge in [0.25, 0.3) is 0 Å². The lowest BCUT2D eigenvalue weighted by Crippen LogP contribution is -2.22. The van der Waals surface area contributed by atoms with Crippen LogP contribution in [-0.2, 0) is 9.53 Å². The maximum absolute atomic E-state index is 12.8. The molecule has 9 nitrogen and oxygen atoms in total. The number of hydrogen-bond donors (Lipinski definition) is 3. The van der Waals surface area contributed by atoms with Crippen LogP contribution in [0, 0.1) is 11.3 Å². The number of carbonyl (C=O) groups excluding carboxylic acids is 1. The summed E-state index contributed by atoms with van der Waals surface area (Å²) in [5.41, 5.74) is 3.73. The van der Waals surface area contributed by atoms with Gasteiger partial charge in [-0.2, -0.15) is 5.26 Å². The lowest BCUT2D eigenvalue weighted by Gasteiger charge is -2.18. The van der Waals surface area contributed by atoms with Crippen LogP contribution in [0.3, 0.4) is 0 Å². The molecule has 1 unspecified atom stereocenters. The molecule has 2 heterocycles. The van der Waals surface area contributed by atoms with E-state index in [0.29, 0.717) is 59.9 Å². The number of carbonyl (C=O) groups is 1. The summed E-state index contributed by atoms with van der Waals surface area (Å²) in [7, 11) is 1.86. The zero-order chi connectivity index (χ0) is 26.9. The first-order valence-electron chi connectivity index (χ1n) is 12.4. The van der Waals surface area contributed by atoms with Crippen molar-refractivity contribution in [2.24, 2.45) is 0 Å². The summed E-state index contributed by atoms with van der Waals surface area (Å²) < 4.78 is 11.7. The molecule has 0 spiro atoms. The summed E-state index contributed by atoms with van der Waals surface area (Å²) >= 11 is 0. The van der Waals surface area contributed by atoms with Crippen LogP contribution < -0.4 is 15.4 Å². The number of rotatable bonds is 11. The summed E-state index contributed by atoms with van der Waals surface area (Å²) in [6.45, 7) is 5.98. The molecule has 2 aromatic carbocycles. The fourth-order valence-corrected chi connectivity index (χ4v) is 4.08. The highest BCUT2D eigenvalue weighted by atomic mass is 16.5. The Morgan fingerprint density at radius 2 is 2.26 bits per heavy atom. The molecule has 3 aromatic rings. The minimum Gasteiger partial charge on any atom is -0.486 e. The first-order chi connectivity index (χ1) is 18.5. The first kappa shape index (κ1) is 26.8. The first-order valence-corrected chi connectivity index (χ1v) is 12.4. The highest BCUT2D eigenvalue weighted by molar-refractivity contribution is 6.04. The van der Waals surface area contributed by atoms with Crippen molar-refractivity contribution in [3.05, 3.63) is 72.5 Å². The number of ether oxygens (including phenoxy) is 2. The Morgan fingerprint density at radius 3 is 3.00 bits per heavy atom. The third-order valence-electron chi connectivity index (χ3n) is 6.09. The molecule has 0 saturated carbocycles. The van der Waals surface area contributed by atoms with Gasteiger partial charge in [0.15, 0.2) is 0 Å². The predicted molar refractivity (Wildman–Crippen MR) is 148 cm³/mol. The molecule has 38 heavy (non-hydrogen) atoms. The fraction of sp³-hybridized carbons (Fsp3) is 0.276. The predicted octanol–water partition coefficient (Wildman–Crippen LogP) is 4.08. The molecule has 1 aliphatic heterocycles. The quantitative estimate of drug-likeness (QED) is 0.328. The molecule has 0 bridgehead atoms. The third kappa shape index (κ3) is 6.75. The van der Waals surface area contributed by atoms with Gasteiger partial charge in [0.2, 0.25) is 5.91 Å². The molecule has 3 N–H and O–H groups in total. The van der Waals surface area contributed by atoms with Gasteiger partial charge in [-0.05, 0) is 30.8 Å². The van der Waals surface area contributed by atoms with Gasteiger partial charge in [0.1, 0.15) is 17.9 Å². The number of likely N-dealkylation sites (N-methyl/N-ethyl adjacent to an activating group) is 1. The smallest absolute Gasteiger partial charge is 0.248 e. The highest BCUT2D eigenvalue weighted by Crippen LogP contribution is 2.37. The number of hydrogen-bond acceptors (Lipinski definition) is 8. The molecule has 1 saturated heterocycles. The average molecular weight is 514 g/mol. The second-order valence-corrected chi connectivity index (χ2v) is 8.96. The zero-order valence-electron chi connectivity index (χ0n) is 21.3. The minimum atomic E-state index is -0.327. The Hall–Kier alpha value is -4.23. The number of fused-ring (bicyclic) bond motifs is 1. The number of aliphatic hydroxyl groups excluding tert-OH is 1. The maximum Gasteiger partial charge on any atom is 0.248 e. The van der Waals surface area contributed by atoms with Gasteiger partial charge in [-0.15, -0.1) is 0 Å². The summed E-state index contributed by atoms with van der Waals surface area (Å²) in [4.78, 5) is 19.2. The fourth-order valence-electron chi connectivity index (χ4n) is 4.08. The van der Waals surface area contributed by atoms with E-state index in [1.54, 1.807) is 24.3 Å². The Kier molecular flexibility index (Phi) is 9.06. The standard InChI is InChI=1S/C29H31N5O4/c1-3-20-6-4-7-22(14-20)32-29-21(17-30)18-31-25-16-27(38-23-9-13-37-19-23)26(15-24(25)29)33-28(36)8-5-10-34(2)11-12-35/h3-8,14-16,18,23,35H,1,9-13,19H2,2H3,(H,31,32)(H,33,36)/b8-5+. The maximum atomic E-state index is 12.8. The second-order valence-electron chi connectivity index (χ2n) is 8.96. The molecule has 1 fully saturated rings. The van der Waals surface area contributed by atoms with E-state index >= 15 is 0 Å². The summed E-state index contributed by atoms with van der Waals surface area (Å²) in [6, 6.07) is 13.4. The number of nitriles is 1. The number of aliphatic hydroxyl groups is 1. The van der Waals surface area contributed by atoms with Gasteiger partial charge in [-0.3, -0.25) is 9.78 Å². The minimum absolute atomic E-state index is 0.0478. The number of nitrogens with zero attached hydrogens (tertiary/aromatic N) is 3. The molecule has 4 rings (SSSR count). The van der Waals surface area contributed by atoms with Crippen LogP contribution in [0.2, 0.25) is 0 Å². The monoisotopic (exact) mass is 513 g/mol. The Bertz CT molecular complexity index is 1380. The van der Waals surface area contributed by atoms with Crippen molar-refractivity contribution in [3.8, 4) is 11.8 Å². The van der Waals surface area contributed by atoms with Crippen molar-refractivity contribution >= 4 is 39.9 Å². The number of pyridine rings is 1. The molecule has 0 radical (unpaired) electrons. The van der Waals surface area contributed by atoms with Gasteiger partial charge in [-0.25, -0.2) is 0 Å². The Morgan fingerprint density at radius 1 is 1.39 bits per heavy atom. The molecular formula is C29H31N5O4. The molecule has 1 amide bonds. The summed E-state index contributed by atoms with van der Waals surface area (Å²) in [5, 5.41) is 25.8. The molecule has 1 atom stereocenters. The van der Waals surface area contributed by atoms with Gasteiger partial charge in [0.05, 0.1) is 42.3 Å². The van der Waals surface area contributed by atoms with Crippen molar-refractivity contribution in [3.63, 3.8) is 0 Å². The van der Waals surface area contributed by atoms with Crippen LogP contribution in [0.4, 0.5) is 17.1 Å². The Balaban J connectivity index is 1.71. The summed E-state index contributed by atoms with van der Waals surface area (Å²) in [6.07, 6.45) is 7.06. The van der Waals surface area contributed by atoms with Crippen molar-refractivity contribution in [2.45, 2.75) is 12.5 Å². The molecule has 196 valence electrons. The normalized spacial score (nSPS) is 15.1. The molecule has 0 aliphatic carbocycles. The van der Waals surface area contributed by atoms with E-state index in [-0.39, 0.29) is 18.6 Å². The SMILES string of the molecule is C=Cc1cccc(Nc2c(C#N)cnc3cc(OC4CCOC4)c(NC(=O)/C=C/CN(C)CCO)cc23)c1. The van der Waals surface area contributed by atoms with E-state index in [1.165, 1.54) is 12.3 Å². The van der Waals surface area contributed by atoms with E-state index in [9.17, 15) is 10.1 Å². The Labute approximate surface area is 222 Å². The second kappa shape index (κ2) is 12.8. The van der Waals surface area contributed by atoms with E-state index in [2.05, 4.69) is 28.3 Å². The molecule has 1 aliphatic rings. The van der Waals surface area contributed by atoms with Crippen LogP contribution in [0.5, 0.6) is 5.75 Å². The largest absolute Gasteiger partial charge is 0.486 e. The van der Waals surface area contributed by atoms with Gasteiger partial charge >= 0.3 is 0 Å². The topological polar surface area (TPSA) is 120 Å². The van der Waals surface area contributed by atoms with Crippen LogP contribution in [0.25, 0.3) is 17.0 Å². The van der Waals surface area contributed by atoms with Crippen molar-refractivity contribution < 1.29 is 19.4 Å². The van der Waals surface area contributed by atoms with Crippen LogP contribution >= 0.6 is 0 Å². The molecule has 9 heteroatoms. The van der Waals surface area contributed by atoms with Crippen LogP contribution in [-0.4, -0.2) is 67.0 Å². The van der Waals surface area contributed by atoms with Crippen molar-refractivity contribution in [2.75, 3.05) is 50.6 Å². The van der Waals surface area contributed by atoms with Gasteiger partial charge in [-0.1, -0.05) is 30.9 Å². The van der Waals surface area contributed by atoms with Crippen molar-refractivity contribution in [1.82, 2.24) is 9.88 Å².